The van der Waals surface area contributed by atoms with Crippen molar-refractivity contribution >= 4 is 17.5 Å². The summed E-state index contributed by atoms with van der Waals surface area (Å²) in [7, 11) is 0. The highest BCUT2D eigenvalue weighted by atomic mass is 35.5. The van der Waals surface area contributed by atoms with Gasteiger partial charge in [0.05, 0.1) is 12.1 Å². The molecule has 1 amide bonds. The first-order chi connectivity index (χ1) is 6.65. The average molecular weight is 220 g/mol. The Balaban J connectivity index is 2.31. The highest BCUT2D eigenvalue weighted by Gasteiger charge is 2.24. The van der Waals surface area contributed by atoms with Crippen molar-refractivity contribution in [2.24, 2.45) is 5.92 Å². The molecule has 0 bridgehead atoms. The molecule has 0 spiro atoms. The summed E-state index contributed by atoms with van der Waals surface area (Å²) in [6, 6.07) is 0.0932. The van der Waals surface area contributed by atoms with Crippen molar-refractivity contribution in [3.8, 4) is 0 Å². The molecule has 3 unspecified atom stereocenters. The molecule has 1 aliphatic heterocycles. The van der Waals surface area contributed by atoms with Gasteiger partial charge in [-0.05, 0) is 19.8 Å². The van der Waals surface area contributed by atoms with Crippen LogP contribution in [-0.2, 0) is 9.53 Å². The van der Waals surface area contributed by atoms with Crippen LogP contribution >= 0.6 is 11.6 Å². The second-order valence-electron chi connectivity index (χ2n) is 3.90. The Bertz CT molecular complexity index is 193. The molecular formula is C10H18ClNO2. The summed E-state index contributed by atoms with van der Waals surface area (Å²) in [4.78, 5) is 11.5. The first kappa shape index (κ1) is 11.8. The molecule has 0 aromatic rings. The van der Waals surface area contributed by atoms with Gasteiger partial charge in [-0.1, -0.05) is 6.92 Å². The molecule has 0 aliphatic carbocycles. The molecule has 0 radical (unpaired) electrons. The quantitative estimate of drug-likeness (QED) is 0.729. The Kier molecular flexibility index (Phi) is 4.69. The summed E-state index contributed by atoms with van der Waals surface area (Å²) in [5, 5.41) is 2.92. The second-order valence-corrected chi connectivity index (χ2v) is 4.21. The Morgan fingerprint density at radius 1 is 1.64 bits per heavy atom. The van der Waals surface area contributed by atoms with Crippen molar-refractivity contribution in [1.29, 1.82) is 0 Å². The smallest absolute Gasteiger partial charge is 0.224 e. The van der Waals surface area contributed by atoms with Crippen LogP contribution in [0.4, 0.5) is 0 Å². The summed E-state index contributed by atoms with van der Waals surface area (Å²) < 4.78 is 5.48. The molecular weight excluding hydrogens is 202 g/mol. The summed E-state index contributed by atoms with van der Waals surface area (Å²) in [5.41, 5.74) is 0. The highest BCUT2D eigenvalue weighted by Crippen LogP contribution is 2.15. The van der Waals surface area contributed by atoms with E-state index in [0.717, 1.165) is 19.4 Å². The Labute approximate surface area is 90.1 Å². The van der Waals surface area contributed by atoms with Gasteiger partial charge in [-0.2, -0.15) is 0 Å². The van der Waals surface area contributed by atoms with Crippen LogP contribution in [0.25, 0.3) is 0 Å². The molecule has 4 heteroatoms. The Hall–Kier alpha value is -0.280. The minimum absolute atomic E-state index is 0.0167. The van der Waals surface area contributed by atoms with Gasteiger partial charge in [0.2, 0.25) is 5.91 Å². The van der Waals surface area contributed by atoms with Gasteiger partial charge in [0.25, 0.3) is 0 Å². The van der Waals surface area contributed by atoms with E-state index in [4.69, 9.17) is 16.3 Å². The number of rotatable bonds is 4. The molecule has 1 rings (SSSR count). The van der Waals surface area contributed by atoms with Crippen molar-refractivity contribution in [3.63, 3.8) is 0 Å². The summed E-state index contributed by atoms with van der Waals surface area (Å²) >= 11 is 5.60. The molecule has 82 valence electrons. The van der Waals surface area contributed by atoms with E-state index in [9.17, 15) is 4.79 Å². The van der Waals surface area contributed by atoms with Gasteiger partial charge in [-0.25, -0.2) is 0 Å². The summed E-state index contributed by atoms with van der Waals surface area (Å²) in [5.74, 6) is 0.257. The van der Waals surface area contributed by atoms with E-state index in [-0.39, 0.29) is 24.0 Å². The molecule has 0 saturated carbocycles. The van der Waals surface area contributed by atoms with E-state index in [1.807, 2.05) is 13.8 Å². The predicted molar refractivity (Wildman–Crippen MR) is 56.5 cm³/mol. The zero-order chi connectivity index (χ0) is 10.6. The molecule has 1 fully saturated rings. The first-order valence-electron chi connectivity index (χ1n) is 5.13. The highest BCUT2D eigenvalue weighted by molar-refractivity contribution is 6.19. The number of amides is 1. The topological polar surface area (TPSA) is 38.3 Å². The van der Waals surface area contributed by atoms with E-state index in [1.54, 1.807) is 0 Å². The zero-order valence-corrected chi connectivity index (χ0v) is 9.51. The van der Waals surface area contributed by atoms with Crippen LogP contribution < -0.4 is 5.32 Å². The van der Waals surface area contributed by atoms with Crippen molar-refractivity contribution in [3.05, 3.63) is 0 Å². The monoisotopic (exact) mass is 219 g/mol. The van der Waals surface area contributed by atoms with Gasteiger partial charge in [0.1, 0.15) is 0 Å². The van der Waals surface area contributed by atoms with E-state index < -0.39 is 0 Å². The van der Waals surface area contributed by atoms with E-state index in [2.05, 4.69) is 5.32 Å². The van der Waals surface area contributed by atoms with E-state index in [1.165, 1.54) is 0 Å². The van der Waals surface area contributed by atoms with Crippen molar-refractivity contribution in [2.45, 2.75) is 38.8 Å². The third-order valence-electron chi connectivity index (χ3n) is 2.57. The third kappa shape index (κ3) is 3.14. The predicted octanol–water partition coefficient (Wildman–Crippen LogP) is 1.54. The van der Waals surface area contributed by atoms with Gasteiger partial charge in [-0.15, -0.1) is 11.6 Å². The molecule has 0 aromatic heterocycles. The fourth-order valence-corrected chi connectivity index (χ4v) is 1.67. The van der Waals surface area contributed by atoms with Gasteiger partial charge < -0.3 is 10.1 Å². The number of nitrogens with one attached hydrogen (secondary N) is 1. The number of hydrogen-bond donors (Lipinski definition) is 1. The standard InChI is InChI=1S/C10H18ClNO2/c1-7(6-11)10(13)12-8(2)9-4-3-5-14-9/h7-9H,3-6H2,1-2H3,(H,12,13). The van der Waals surface area contributed by atoms with E-state index in [0.29, 0.717) is 5.88 Å². The fourth-order valence-electron chi connectivity index (χ4n) is 1.53. The van der Waals surface area contributed by atoms with E-state index >= 15 is 0 Å². The zero-order valence-electron chi connectivity index (χ0n) is 8.75. The van der Waals surface area contributed by atoms with Gasteiger partial charge in [-0.3, -0.25) is 4.79 Å². The number of carbonyl (C=O) groups excluding carboxylic acids is 1. The largest absolute Gasteiger partial charge is 0.376 e. The van der Waals surface area contributed by atoms with Crippen molar-refractivity contribution < 1.29 is 9.53 Å². The van der Waals surface area contributed by atoms with Crippen LogP contribution in [0.2, 0.25) is 0 Å². The van der Waals surface area contributed by atoms with Crippen LogP contribution in [0.1, 0.15) is 26.7 Å². The van der Waals surface area contributed by atoms with Crippen molar-refractivity contribution in [1.82, 2.24) is 5.32 Å². The number of hydrogen-bond acceptors (Lipinski definition) is 2. The minimum Gasteiger partial charge on any atom is -0.376 e. The molecule has 14 heavy (non-hydrogen) atoms. The second kappa shape index (κ2) is 5.56. The van der Waals surface area contributed by atoms with Gasteiger partial charge in [0.15, 0.2) is 0 Å². The lowest BCUT2D eigenvalue weighted by Crippen LogP contribution is -2.43. The molecule has 1 saturated heterocycles. The number of halogens is 1. The first-order valence-corrected chi connectivity index (χ1v) is 5.66. The molecule has 0 aromatic carbocycles. The lowest BCUT2D eigenvalue weighted by molar-refractivity contribution is -0.125. The molecule has 1 heterocycles. The van der Waals surface area contributed by atoms with Gasteiger partial charge in [0, 0.05) is 18.4 Å². The SMILES string of the molecule is CC(CCl)C(=O)NC(C)C1CCCO1. The maximum absolute atomic E-state index is 11.5. The molecule has 1 aliphatic rings. The third-order valence-corrected chi connectivity index (χ3v) is 3.03. The number of ether oxygens (including phenoxy) is 1. The normalized spacial score (nSPS) is 25.8. The van der Waals surface area contributed by atoms with Crippen LogP contribution in [0.3, 0.4) is 0 Å². The summed E-state index contributed by atoms with van der Waals surface area (Å²) in [6.45, 7) is 4.62. The maximum atomic E-state index is 11.5. The molecule has 3 nitrogen and oxygen atoms in total. The van der Waals surface area contributed by atoms with Crippen LogP contribution in [0.15, 0.2) is 0 Å². The number of carbonyl (C=O) groups is 1. The fraction of sp³-hybridized carbons (Fsp3) is 0.900. The van der Waals surface area contributed by atoms with Crippen LogP contribution in [0.5, 0.6) is 0 Å². The van der Waals surface area contributed by atoms with Gasteiger partial charge >= 0.3 is 0 Å². The Morgan fingerprint density at radius 2 is 2.36 bits per heavy atom. The molecule has 1 N–H and O–H groups in total. The lowest BCUT2D eigenvalue weighted by Gasteiger charge is -2.21. The summed E-state index contributed by atoms with van der Waals surface area (Å²) in [6.07, 6.45) is 2.31. The Morgan fingerprint density at radius 3 is 2.86 bits per heavy atom. The minimum atomic E-state index is -0.125. The lowest BCUT2D eigenvalue weighted by atomic mass is 10.1. The van der Waals surface area contributed by atoms with Crippen LogP contribution in [-0.4, -0.2) is 30.5 Å². The molecule has 3 atom stereocenters. The average Bonchev–Trinajstić information content (AvgIpc) is 2.69. The van der Waals surface area contributed by atoms with Crippen LogP contribution in [0, 0.1) is 5.92 Å². The van der Waals surface area contributed by atoms with Crippen molar-refractivity contribution in [2.75, 3.05) is 12.5 Å². The number of alkyl halides is 1. The maximum Gasteiger partial charge on any atom is 0.224 e.